The van der Waals surface area contributed by atoms with Crippen LogP contribution in [0.25, 0.3) is 0 Å². The molecule has 0 aromatic rings. The lowest BCUT2D eigenvalue weighted by molar-refractivity contribution is -0.337. The van der Waals surface area contributed by atoms with Crippen molar-refractivity contribution in [2.75, 3.05) is 6.61 Å². The van der Waals surface area contributed by atoms with Gasteiger partial charge in [-0.3, -0.25) is 0 Å². The van der Waals surface area contributed by atoms with E-state index in [2.05, 4.69) is 9.78 Å². The van der Waals surface area contributed by atoms with Gasteiger partial charge in [-0.2, -0.15) is 4.89 Å². The van der Waals surface area contributed by atoms with Crippen molar-refractivity contribution in [2.24, 2.45) is 0 Å². The summed E-state index contributed by atoms with van der Waals surface area (Å²) in [4.78, 5) is 20.8. The van der Waals surface area contributed by atoms with Gasteiger partial charge in [-0.15, -0.1) is 0 Å². The third-order valence-electron chi connectivity index (χ3n) is 2.23. The molecular formula is C11H18O5. The van der Waals surface area contributed by atoms with Crippen LogP contribution in [0.15, 0.2) is 11.3 Å². The highest BCUT2D eigenvalue weighted by atomic mass is 17.2. The molecule has 1 heterocycles. The van der Waals surface area contributed by atoms with Crippen LogP contribution in [0.1, 0.15) is 34.1 Å². The van der Waals surface area contributed by atoms with Crippen molar-refractivity contribution in [1.29, 1.82) is 0 Å². The quantitative estimate of drug-likeness (QED) is 0.448. The van der Waals surface area contributed by atoms with Crippen molar-refractivity contribution < 1.29 is 24.4 Å². The minimum Gasteiger partial charge on any atom is -0.456 e. The van der Waals surface area contributed by atoms with E-state index in [1.54, 1.807) is 27.7 Å². The SMILES string of the molecule is C/C(C(=O)OC(C)(C)CC(C)O)=C1\COO1. The molecule has 1 fully saturated rings. The standard InChI is InChI=1S/C11H18O5/c1-7(12)5-11(3,4)15-10(13)8(2)9-6-14-16-9/h7,12H,5-6H2,1-4H3/b9-8-. The molecule has 0 spiro atoms. The Balaban J connectivity index is 2.56. The monoisotopic (exact) mass is 230 g/mol. The van der Waals surface area contributed by atoms with Crippen LogP contribution in [0, 0.1) is 0 Å². The summed E-state index contributed by atoms with van der Waals surface area (Å²) >= 11 is 0. The van der Waals surface area contributed by atoms with E-state index in [1.807, 2.05) is 0 Å². The molecule has 1 saturated heterocycles. The Morgan fingerprint density at radius 3 is 2.56 bits per heavy atom. The molecule has 0 saturated carbocycles. The summed E-state index contributed by atoms with van der Waals surface area (Å²) in [6, 6.07) is 0. The number of ether oxygens (including phenoxy) is 1. The molecule has 1 atom stereocenters. The first-order chi connectivity index (χ1) is 7.32. The summed E-state index contributed by atoms with van der Waals surface area (Å²) in [6.07, 6.45) is -0.127. The van der Waals surface area contributed by atoms with Crippen LogP contribution in [-0.2, 0) is 19.3 Å². The Bertz CT molecular complexity index is 297. The van der Waals surface area contributed by atoms with Gasteiger partial charge in [-0.25, -0.2) is 4.79 Å². The van der Waals surface area contributed by atoms with Crippen molar-refractivity contribution in [2.45, 2.75) is 45.8 Å². The Hall–Kier alpha value is -1.07. The fourth-order valence-corrected chi connectivity index (χ4v) is 1.48. The largest absolute Gasteiger partial charge is 0.456 e. The molecule has 1 unspecified atom stereocenters. The molecule has 92 valence electrons. The summed E-state index contributed by atoms with van der Waals surface area (Å²) < 4.78 is 5.27. The Labute approximate surface area is 94.9 Å². The molecule has 0 aromatic carbocycles. The van der Waals surface area contributed by atoms with Crippen LogP contribution in [0.4, 0.5) is 0 Å². The molecule has 0 aliphatic carbocycles. The Morgan fingerprint density at radius 1 is 1.62 bits per heavy atom. The zero-order valence-corrected chi connectivity index (χ0v) is 10.1. The highest BCUT2D eigenvalue weighted by Crippen LogP contribution is 2.22. The second-order valence-electron chi connectivity index (χ2n) is 4.60. The van der Waals surface area contributed by atoms with Gasteiger partial charge in [0.05, 0.1) is 11.7 Å². The highest BCUT2D eigenvalue weighted by molar-refractivity contribution is 5.88. The fraction of sp³-hybridized carbons (Fsp3) is 0.727. The second-order valence-corrected chi connectivity index (χ2v) is 4.60. The van der Waals surface area contributed by atoms with E-state index in [-0.39, 0.29) is 0 Å². The van der Waals surface area contributed by atoms with E-state index in [9.17, 15) is 9.90 Å². The topological polar surface area (TPSA) is 65.0 Å². The van der Waals surface area contributed by atoms with Crippen molar-refractivity contribution >= 4 is 5.97 Å². The molecule has 0 radical (unpaired) electrons. The maximum absolute atomic E-state index is 11.7. The third kappa shape index (κ3) is 3.50. The van der Waals surface area contributed by atoms with Crippen LogP contribution < -0.4 is 0 Å². The molecule has 1 aliphatic heterocycles. The zero-order chi connectivity index (χ0) is 12.3. The molecular weight excluding hydrogens is 212 g/mol. The number of hydrogen-bond acceptors (Lipinski definition) is 5. The fourth-order valence-electron chi connectivity index (χ4n) is 1.48. The molecule has 1 N–H and O–H groups in total. The maximum atomic E-state index is 11.7. The number of rotatable bonds is 4. The minimum atomic E-state index is -0.697. The highest BCUT2D eigenvalue weighted by Gasteiger charge is 2.28. The van der Waals surface area contributed by atoms with Gasteiger partial charge in [0, 0.05) is 6.42 Å². The normalized spacial score (nSPS) is 20.6. The first-order valence-corrected chi connectivity index (χ1v) is 5.22. The van der Waals surface area contributed by atoms with Crippen molar-refractivity contribution in [3.05, 3.63) is 11.3 Å². The second kappa shape index (κ2) is 4.84. The summed E-state index contributed by atoms with van der Waals surface area (Å²) in [5.41, 5.74) is -0.289. The van der Waals surface area contributed by atoms with Gasteiger partial charge in [-0.1, -0.05) is 0 Å². The molecule has 5 heteroatoms. The zero-order valence-electron chi connectivity index (χ0n) is 10.1. The molecule has 0 bridgehead atoms. The van der Waals surface area contributed by atoms with Crippen LogP contribution in [0.3, 0.4) is 0 Å². The van der Waals surface area contributed by atoms with Crippen molar-refractivity contribution in [3.8, 4) is 0 Å². The van der Waals surface area contributed by atoms with Gasteiger partial charge in [0.2, 0.25) is 0 Å². The predicted octanol–water partition coefficient (Wildman–Crippen LogP) is 1.31. The number of hydrogen-bond donors (Lipinski definition) is 1. The number of carbonyl (C=O) groups is 1. The average molecular weight is 230 g/mol. The third-order valence-corrected chi connectivity index (χ3v) is 2.23. The molecule has 1 rings (SSSR count). The van der Waals surface area contributed by atoms with E-state index in [1.165, 1.54) is 0 Å². The van der Waals surface area contributed by atoms with Crippen LogP contribution >= 0.6 is 0 Å². The Kier molecular flexibility index (Phi) is 3.93. The first-order valence-electron chi connectivity index (χ1n) is 5.22. The predicted molar refractivity (Wildman–Crippen MR) is 56.2 cm³/mol. The number of aliphatic hydroxyl groups is 1. The van der Waals surface area contributed by atoms with Crippen LogP contribution in [0.5, 0.6) is 0 Å². The van der Waals surface area contributed by atoms with Crippen molar-refractivity contribution in [3.63, 3.8) is 0 Å². The Morgan fingerprint density at radius 2 is 2.19 bits per heavy atom. The minimum absolute atomic E-state index is 0.303. The molecule has 0 amide bonds. The first kappa shape index (κ1) is 13.0. The van der Waals surface area contributed by atoms with Gasteiger partial charge in [0.15, 0.2) is 12.4 Å². The smallest absolute Gasteiger partial charge is 0.337 e. The van der Waals surface area contributed by atoms with E-state index >= 15 is 0 Å². The molecule has 5 nitrogen and oxygen atoms in total. The lowest BCUT2D eigenvalue weighted by Gasteiger charge is -2.27. The summed E-state index contributed by atoms with van der Waals surface area (Å²) in [5, 5.41) is 9.26. The van der Waals surface area contributed by atoms with Crippen LogP contribution in [-0.4, -0.2) is 29.4 Å². The number of aliphatic hydroxyl groups excluding tert-OH is 1. The van der Waals surface area contributed by atoms with Gasteiger partial charge in [0.25, 0.3) is 0 Å². The van der Waals surface area contributed by atoms with Gasteiger partial charge >= 0.3 is 5.97 Å². The average Bonchev–Trinajstić information content (AvgIpc) is 1.96. The lowest BCUT2D eigenvalue weighted by atomic mass is 10.0. The van der Waals surface area contributed by atoms with Gasteiger partial charge in [-0.05, 0) is 27.7 Å². The number of carbonyl (C=O) groups excluding carboxylic acids is 1. The summed E-state index contributed by atoms with van der Waals surface area (Å²) in [6.45, 7) is 7.10. The van der Waals surface area contributed by atoms with E-state index in [0.717, 1.165) is 0 Å². The van der Waals surface area contributed by atoms with Gasteiger partial charge in [0.1, 0.15) is 5.60 Å². The summed E-state index contributed by atoms with van der Waals surface area (Å²) in [7, 11) is 0. The van der Waals surface area contributed by atoms with E-state index in [4.69, 9.17) is 4.74 Å². The van der Waals surface area contributed by atoms with E-state index in [0.29, 0.717) is 24.4 Å². The molecule has 0 aromatic heterocycles. The van der Waals surface area contributed by atoms with Crippen molar-refractivity contribution in [1.82, 2.24) is 0 Å². The summed E-state index contributed by atoms with van der Waals surface area (Å²) in [5.74, 6) is 0.0572. The number of esters is 1. The van der Waals surface area contributed by atoms with E-state index < -0.39 is 17.7 Å². The van der Waals surface area contributed by atoms with Gasteiger partial charge < -0.3 is 14.7 Å². The molecule has 16 heavy (non-hydrogen) atoms. The lowest BCUT2D eigenvalue weighted by Crippen LogP contribution is -2.33. The molecule has 1 aliphatic rings. The van der Waals surface area contributed by atoms with Crippen LogP contribution in [0.2, 0.25) is 0 Å². The maximum Gasteiger partial charge on any atom is 0.337 e.